The van der Waals surface area contributed by atoms with Crippen molar-refractivity contribution in [2.24, 2.45) is 5.92 Å². The van der Waals surface area contributed by atoms with Crippen molar-refractivity contribution in [3.8, 4) is 5.75 Å². The van der Waals surface area contributed by atoms with Gasteiger partial charge in [-0.05, 0) is 42.4 Å². The Labute approximate surface area is 127 Å². The maximum Gasteiger partial charge on any atom is 0.409 e. The molecule has 0 spiro atoms. The summed E-state index contributed by atoms with van der Waals surface area (Å²) in [5.74, 6) is 1.98. The maximum atomic E-state index is 11.8. The zero-order valence-corrected chi connectivity index (χ0v) is 13.2. The molecule has 4 nitrogen and oxygen atoms in total. The average Bonchev–Trinajstić information content (AvgIpc) is 3.26. The van der Waals surface area contributed by atoms with Gasteiger partial charge in [-0.3, -0.25) is 0 Å². The van der Waals surface area contributed by atoms with Crippen molar-refractivity contribution in [1.29, 1.82) is 0 Å². The number of benzene rings is 1. The van der Waals surface area contributed by atoms with E-state index < -0.39 is 0 Å². The molecule has 1 aliphatic rings. The number of hydrogen-bond donors (Lipinski definition) is 0. The number of amides is 1. The summed E-state index contributed by atoms with van der Waals surface area (Å²) in [4.78, 5) is 13.5. The summed E-state index contributed by atoms with van der Waals surface area (Å²) < 4.78 is 10.4. The van der Waals surface area contributed by atoms with Crippen LogP contribution in [0.3, 0.4) is 0 Å². The molecule has 2 atom stereocenters. The summed E-state index contributed by atoms with van der Waals surface area (Å²) in [6.45, 7) is 3.37. The fraction of sp³-hybridized carbons (Fsp3) is 0.588. The van der Waals surface area contributed by atoms with E-state index in [9.17, 15) is 4.79 Å². The molecule has 0 N–H and O–H groups in total. The van der Waals surface area contributed by atoms with Crippen LogP contribution < -0.4 is 4.74 Å². The molecule has 1 saturated carbocycles. The molecule has 1 fully saturated rings. The number of unbranched alkanes of at least 4 members (excludes halogenated alkanes) is 1. The Morgan fingerprint density at radius 2 is 2.05 bits per heavy atom. The van der Waals surface area contributed by atoms with Gasteiger partial charge in [-0.15, -0.1) is 0 Å². The Hall–Kier alpha value is -1.71. The van der Waals surface area contributed by atoms with Gasteiger partial charge < -0.3 is 14.4 Å². The minimum absolute atomic E-state index is 0.205. The fourth-order valence-corrected chi connectivity index (χ4v) is 2.55. The molecule has 1 aliphatic carbocycles. The third-order valence-corrected chi connectivity index (χ3v) is 4.01. The second-order valence-corrected chi connectivity index (χ2v) is 5.72. The lowest BCUT2D eigenvalue weighted by molar-refractivity contribution is 0.108. The lowest BCUT2D eigenvalue weighted by Gasteiger charge is -2.16. The van der Waals surface area contributed by atoms with Crippen LogP contribution in [-0.4, -0.2) is 38.3 Å². The Morgan fingerprint density at radius 3 is 2.67 bits per heavy atom. The van der Waals surface area contributed by atoms with Gasteiger partial charge in [0, 0.05) is 13.6 Å². The van der Waals surface area contributed by atoms with Gasteiger partial charge in [0.15, 0.2) is 0 Å². The third kappa shape index (κ3) is 4.38. The molecule has 21 heavy (non-hydrogen) atoms. The van der Waals surface area contributed by atoms with Crippen LogP contribution in [0.2, 0.25) is 0 Å². The summed E-state index contributed by atoms with van der Waals surface area (Å²) in [6, 6.07) is 8.22. The number of hydrogen-bond acceptors (Lipinski definition) is 3. The molecule has 1 aromatic rings. The van der Waals surface area contributed by atoms with Gasteiger partial charge in [0.2, 0.25) is 0 Å². The van der Waals surface area contributed by atoms with E-state index in [1.165, 1.54) is 5.56 Å². The van der Waals surface area contributed by atoms with Gasteiger partial charge >= 0.3 is 6.09 Å². The minimum atomic E-state index is -0.205. The van der Waals surface area contributed by atoms with Crippen molar-refractivity contribution >= 4 is 6.09 Å². The molecule has 0 bridgehead atoms. The van der Waals surface area contributed by atoms with Crippen LogP contribution in [0.1, 0.15) is 37.7 Å². The highest BCUT2D eigenvalue weighted by Gasteiger charge is 2.39. The van der Waals surface area contributed by atoms with Gasteiger partial charge in [-0.2, -0.15) is 0 Å². The average molecular weight is 291 g/mol. The van der Waals surface area contributed by atoms with E-state index in [1.54, 1.807) is 12.0 Å². The first-order chi connectivity index (χ1) is 10.2. The topological polar surface area (TPSA) is 38.8 Å². The lowest BCUT2D eigenvalue weighted by Crippen LogP contribution is -2.29. The predicted octanol–water partition coefficient (Wildman–Crippen LogP) is 3.67. The molecule has 0 radical (unpaired) electrons. The van der Waals surface area contributed by atoms with Gasteiger partial charge in [-0.1, -0.05) is 25.5 Å². The van der Waals surface area contributed by atoms with Crippen LogP contribution in [0.4, 0.5) is 4.79 Å². The van der Waals surface area contributed by atoms with E-state index >= 15 is 0 Å². The number of methoxy groups -OCH3 is 1. The monoisotopic (exact) mass is 291 g/mol. The van der Waals surface area contributed by atoms with E-state index in [0.29, 0.717) is 18.4 Å². The van der Waals surface area contributed by atoms with Gasteiger partial charge in [0.25, 0.3) is 0 Å². The SMILES string of the molecule is CCCCOC(=O)N(C)CC1CC1c1ccc(OC)cc1. The van der Waals surface area contributed by atoms with Gasteiger partial charge in [0.05, 0.1) is 13.7 Å². The van der Waals surface area contributed by atoms with Crippen LogP contribution in [-0.2, 0) is 4.74 Å². The first kappa shape index (κ1) is 15.7. The Bertz CT molecular complexity index is 458. The van der Waals surface area contributed by atoms with Crippen LogP contribution in [0.5, 0.6) is 5.75 Å². The van der Waals surface area contributed by atoms with Gasteiger partial charge in [0.1, 0.15) is 5.75 Å². The molecule has 0 saturated heterocycles. The van der Waals surface area contributed by atoms with Crippen molar-refractivity contribution < 1.29 is 14.3 Å². The number of carbonyl (C=O) groups is 1. The summed E-state index contributed by atoms with van der Waals surface area (Å²) in [5.41, 5.74) is 1.33. The van der Waals surface area contributed by atoms with E-state index in [0.717, 1.165) is 31.6 Å². The number of nitrogens with zero attached hydrogens (tertiary/aromatic N) is 1. The van der Waals surface area contributed by atoms with Crippen molar-refractivity contribution in [3.05, 3.63) is 29.8 Å². The highest BCUT2D eigenvalue weighted by Crippen LogP contribution is 2.47. The summed E-state index contributed by atoms with van der Waals surface area (Å²) in [5, 5.41) is 0. The summed E-state index contributed by atoms with van der Waals surface area (Å²) in [7, 11) is 3.49. The molecule has 116 valence electrons. The van der Waals surface area contributed by atoms with Crippen molar-refractivity contribution in [3.63, 3.8) is 0 Å². The van der Waals surface area contributed by atoms with E-state index in [4.69, 9.17) is 9.47 Å². The molecule has 0 aliphatic heterocycles. The van der Waals surface area contributed by atoms with E-state index in [2.05, 4.69) is 19.1 Å². The molecule has 0 aromatic heterocycles. The lowest BCUT2D eigenvalue weighted by atomic mass is 10.1. The Balaban J connectivity index is 1.76. The van der Waals surface area contributed by atoms with Crippen LogP contribution in [0, 0.1) is 5.92 Å². The molecule has 2 unspecified atom stereocenters. The molecule has 1 amide bonds. The molecule has 1 aromatic carbocycles. The highest BCUT2D eigenvalue weighted by atomic mass is 16.6. The minimum Gasteiger partial charge on any atom is -0.497 e. The van der Waals surface area contributed by atoms with E-state index in [-0.39, 0.29) is 6.09 Å². The molecular weight excluding hydrogens is 266 g/mol. The normalized spacial score (nSPS) is 20.0. The molecule has 0 heterocycles. The fourth-order valence-electron chi connectivity index (χ4n) is 2.55. The smallest absolute Gasteiger partial charge is 0.409 e. The molecule has 4 heteroatoms. The maximum absolute atomic E-state index is 11.8. The van der Waals surface area contributed by atoms with Crippen molar-refractivity contribution in [1.82, 2.24) is 4.90 Å². The number of ether oxygens (including phenoxy) is 2. The molecular formula is C17H25NO3. The Kier molecular flexibility index (Phi) is 5.48. The zero-order valence-electron chi connectivity index (χ0n) is 13.2. The van der Waals surface area contributed by atoms with Crippen LogP contribution in [0.15, 0.2) is 24.3 Å². The standard InChI is InChI=1S/C17H25NO3/c1-4-5-10-21-17(19)18(2)12-14-11-16(14)13-6-8-15(20-3)9-7-13/h6-9,14,16H,4-5,10-12H2,1-3H3. The number of carbonyl (C=O) groups excluding carboxylic acids is 1. The molecule has 2 rings (SSSR count). The third-order valence-electron chi connectivity index (χ3n) is 4.01. The van der Waals surface area contributed by atoms with Crippen molar-refractivity contribution in [2.45, 2.75) is 32.1 Å². The predicted molar refractivity (Wildman–Crippen MR) is 82.7 cm³/mol. The summed E-state index contributed by atoms with van der Waals surface area (Å²) >= 11 is 0. The largest absolute Gasteiger partial charge is 0.497 e. The second-order valence-electron chi connectivity index (χ2n) is 5.72. The summed E-state index contributed by atoms with van der Waals surface area (Å²) in [6.07, 6.45) is 2.90. The highest BCUT2D eigenvalue weighted by molar-refractivity contribution is 5.67. The first-order valence-electron chi connectivity index (χ1n) is 7.67. The second kappa shape index (κ2) is 7.34. The quantitative estimate of drug-likeness (QED) is 0.720. The zero-order chi connectivity index (χ0) is 15.2. The van der Waals surface area contributed by atoms with Crippen LogP contribution >= 0.6 is 0 Å². The Morgan fingerprint density at radius 1 is 1.33 bits per heavy atom. The van der Waals surface area contributed by atoms with Gasteiger partial charge in [-0.25, -0.2) is 4.79 Å². The van der Waals surface area contributed by atoms with E-state index in [1.807, 2.05) is 19.2 Å². The van der Waals surface area contributed by atoms with Crippen molar-refractivity contribution in [2.75, 3.05) is 27.3 Å². The number of rotatable bonds is 7. The van der Waals surface area contributed by atoms with Crippen LogP contribution in [0.25, 0.3) is 0 Å². The first-order valence-corrected chi connectivity index (χ1v) is 7.67.